The molecule has 0 amide bonds. The fourth-order valence-electron chi connectivity index (χ4n) is 0.835. The van der Waals surface area contributed by atoms with Crippen molar-refractivity contribution in [2.75, 3.05) is 47.3 Å². The minimum atomic E-state index is 0.135. The van der Waals surface area contributed by atoms with Gasteiger partial charge in [0, 0.05) is 14.2 Å². The van der Waals surface area contributed by atoms with Crippen molar-refractivity contribution in [2.24, 2.45) is 0 Å². The molecule has 0 aliphatic rings. The smallest absolute Gasteiger partial charge is 0.0781 e. The quantitative estimate of drug-likeness (QED) is 0.504. The average molecular weight is 192 g/mol. The van der Waals surface area contributed by atoms with Crippen molar-refractivity contribution >= 4 is 0 Å². The standard InChI is InChI=1S/C9H20O4/c1-9(8-11-3)13-7-6-12-5-4-10-2/h9H,4-8H2,1-3H3. The summed E-state index contributed by atoms with van der Waals surface area (Å²) in [6.07, 6.45) is 0.135. The maximum Gasteiger partial charge on any atom is 0.0781 e. The summed E-state index contributed by atoms with van der Waals surface area (Å²) < 4.78 is 20.3. The van der Waals surface area contributed by atoms with Crippen LogP contribution in [0.1, 0.15) is 6.92 Å². The highest BCUT2D eigenvalue weighted by Gasteiger charge is 1.99. The van der Waals surface area contributed by atoms with E-state index in [1.54, 1.807) is 14.2 Å². The Labute approximate surface area is 80.1 Å². The van der Waals surface area contributed by atoms with Crippen molar-refractivity contribution in [3.05, 3.63) is 0 Å². The van der Waals surface area contributed by atoms with Crippen LogP contribution >= 0.6 is 0 Å². The highest BCUT2D eigenvalue weighted by Crippen LogP contribution is 1.90. The van der Waals surface area contributed by atoms with E-state index in [0.29, 0.717) is 33.0 Å². The summed E-state index contributed by atoms with van der Waals surface area (Å²) in [5.41, 5.74) is 0. The molecule has 0 aromatic heterocycles. The molecule has 0 aromatic rings. The molecule has 0 bridgehead atoms. The molecule has 0 aromatic carbocycles. The van der Waals surface area contributed by atoms with E-state index in [2.05, 4.69) is 0 Å². The Kier molecular flexibility index (Phi) is 9.80. The van der Waals surface area contributed by atoms with Gasteiger partial charge in [0.25, 0.3) is 0 Å². The van der Waals surface area contributed by atoms with Crippen LogP contribution in [-0.4, -0.2) is 53.4 Å². The maximum atomic E-state index is 5.37. The maximum absolute atomic E-state index is 5.37. The lowest BCUT2D eigenvalue weighted by Gasteiger charge is -2.11. The Hall–Kier alpha value is -0.160. The SMILES string of the molecule is COCCOCCOC(C)COC. The topological polar surface area (TPSA) is 36.9 Å². The molecule has 1 atom stereocenters. The van der Waals surface area contributed by atoms with Gasteiger partial charge in [-0.25, -0.2) is 0 Å². The van der Waals surface area contributed by atoms with Crippen LogP contribution in [0.25, 0.3) is 0 Å². The largest absolute Gasteiger partial charge is 0.382 e. The first kappa shape index (κ1) is 12.8. The highest BCUT2D eigenvalue weighted by atomic mass is 16.6. The van der Waals surface area contributed by atoms with E-state index < -0.39 is 0 Å². The Morgan fingerprint density at radius 1 is 0.923 bits per heavy atom. The lowest BCUT2D eigenvalue weighted by atomic mass is 10.4. The van der Waals surface area contributed by atoms with E-state index >= 15 is 0 Å². The predicted molar refractivity (Wildman–Crippen MR) is 50.0 cm³/mol. The van der Waals surface area contributed by atoms with Gasteiger partial charge in [-0.05, 0) is 6.92 Å². The third-order valence-electron chi connectivity index (χ3n) is 1.46. The molecule has 13 heavy (non-hydrogen) atoms. The molecule has 0 N–H and O–H groups in total. The summed E-state index contributed by atoms with van der Waals surface area (Å²) in [6, 6.07) is 0. The molecule has 80 valence electrons. The summed E-state index contributed by atoms with van der Waals surface area (Å²) in [6.45, 7) is 5.06. The van der Waals surface area contributed by atoms with Crippen LogP contribution in [0.3, 0.4) is 0 Å². The zero-order valence-electron chi connectivity index (χ0n) is 8.75. The van der Waals surface area contributed by atoms with Gasteiger partial charge in [-0.15, -0.1) is 0 Å². The van der Waals surface area contributed by atoms with E-state index in [1.165, 1.54) is 0 Å². The number of ether oxygens (including phenoxy) is 4. The van der Waals surface area contributed by atoms with Gasteiger partial charge in [-0.2, -0.15) is 0 Å². The van der Waals surface area contributed by atoms with Gasteiger partial charge in [0.2, 0.25) is 0 Å². The third kappa shape index (κ3) is 9.76. The van der Waals surface area contributed by atoms with E-state index in [0.717, 1.165) is 0 Å². The first-order valence-corrected chi connectivity index (χ1v) is 4.48. The first-order chi connectivity index (χ1) is 6.31. The second kappa shape index (κ2) is 9.92. The average Bonchev–Trinajstić information content (AvgIpc) is 2.11. The lowest BCUT2D eigenvalue weighted by Crippen LogP contribution is -2.18. The molecule has 4 nitrogen and oxygen atoms in total. The summed E-state index contributed by atoms with van der Waals surface area (Å²) in [7, 11) is 3.31. The van der Waals surface area contributed by atoms with Crippen molar-refractivity contribution in [3.63, 3.8) is 0 Å². The van der Waals surface area contributed by atoms with Gasteiger partial charge >= 0.3 is 0 Å². The number of hydrogen-bond donors (Lipinski definition) is 0. The third-order valence-corrected chi connectivity index (χ3v) is 1.46. The van der Waals surface area contributed by atoms with Gasteiger partial charge in [0.05, 0.1) is 39.1 Å². The number of hydrogen-bond acceptors (Lipinski definition) is 4. The van der Waals surface area contributed by atoms with Gasteiger partial charge in [0.15, 0.2) is 0 Å². The zero-order valence-corrected chi connectivity index (χ0v) is 8.75. The van der Waals surface area contributed by atoms with Crippen molar-refractivity contribution in [2.45, 2.75) is 13.0 Å². The zero-order chi connectivity index (χ0) is 9.94. The van der Waals surface area contributed by atoms with E-state index in [9.17, 15) is 0 Å². The predicted octanol–water partition coefficient (Wildman–Crippen LogP) is 0.701. The molecule has 0 aliphatic carbocycles. The molecule has 0 radical (unpaired) electrons. The fourth-order valence-corrected chi connectivity index (χ4v) is 0.835. The first-order valence-electron chi connectivity index (χ1n) is 4.48. The van der Waals surface area contributed by atoms with Crippen molar-refractivity contribution in [1.82, 2.24) is 0 Å². The second-order valence-electron chi connectivity index (χ2n) is 2.74. The van der Waals surface area contributed by atoms with Gasteiger partial charge in [-0.3, -0.25) is 0 Å². The molecule has 0 aliphatic heterocycles. The molecule has 0 saturated carbocycles. The van der Waals surface area contributed by atoms with Crippen molar-refractivity contribution in [3.8, 4) is 0 Å². The molecule has 0 heterocycles. The number of rotatable bonds is 9. The number of methoxy groups -OCH3 is 2. The molecule has 0 saturated heterocycles. The molecule has 4 heteroatoms. The monoisotopic (exact) mass is 192 g/mol. The van der Waals surface area contributed by atoms with Crippen LogP contribution in [-0.2, 0) is 18.9 Å². The van der Waals surface area contributed by atoms with Crippen molar-refractivity contribution in [1.29, 1.82) is 0 Å². The Morgan fingerprint density at radius 2 is 1.62 bits per heavy atom. The lowest BCUT2D eigenvalue weighted by molar-refractivity contribution is -0.0259. The Morgan fingerprint density at radius 3 is 2.23 bits per heavy atom. The van der Waals surface area contributed by atoms with Gasteiger partial charge in [0.1, 0.15) is 0 Å². The van der Waals surface area contributed by atoms with Crippen LogP contribution in [0.5, 0.6) is 0 Å². The van der Waals surface area contributed by atoms with Gasteiger partial charge in [-0.1, -0.05) is 0 Å². The Bertz CT molecular complexity index is 97.6. The van der Waals surface area contributed by atoms with Crippen LogP contribution < -0.4 is 0 Å². The second-order valence-corrected chi connectivity index (χ2v) is 2.74. The molecular weight excluding hydrogens is 172 g/mol. The summed E-state index contributed by atoms with van der Waals surface area (Å²) in [5, 5.41) is 0. The van der Waals surface area contributed by atoms with Crippen molar-refractivity contribution < 1.29 is 18.9 Å². The summed E-state index contributed by atoms with van der Waals surface area (Å²) >= 11 is 0. The van der Waals surface area contributed by atoms with E-state index in [4.69, 9.17) is 18.9 Å². The summed E-state index contributed by atoms with van der Waals surface area (Å²) in [4.78, 5) is 0. The molecule has 0 rings (SSSR count). The van der Waals surface area contributed by atoms with Crippen LogP contribution in [0.2, 0.25) is 0 Å². The van der Waals surface area contributed by atoms with E-state index in [1.807, 2.05) is 6.92 Å². The molecule has 1 unspecified atom stereocenters. The minimum Gasteiger partial charge on any atom is -0.382 e. The molecular formula is C9H20O4. The fraction of sp³-hybridized carbons (Fsp3) is 1.00. The van der Waals surface area contributed by atoms with Crippen LogP contribution in [0, 0.1) is 0 Å². The van der Waals surface area contributed by atoms with E-state index in [-0.39, 0.29) is 6.10 Å². The molecule has 0 spiro atoms. The Balaban J connectivity index is 2.97. The van der Waals surface area contributed by atoms with Crippen LogP contribution in [0.15, 0.2) is 0 Å². The van der Waals surface area contributed by atoms with Crippen LogP contribution in [0.4, 0.5) is 0 Å². The minimum absolute atomic E-state index is 0.135. The summed E-state index contributed by atoms with van der Waals surface area (Å²) in [5.74, 6) is 0. The normalized spacial score (nSPS) is 13.2. The van der Waals surface area contributed by atoms with Gasteiger partial charge < -0.3 is 18.9 Å². The highest BCUT2D eigenvalue weighted by molar-refractivity contribution is 4.45. The molecule has 0 fully saturated rings.